The fourth-order valence-electron chi connectivity index (χ4n) is 9.91. The summed E-state index contributed by atoms with van der Waals surface area (Å²) in [5.74, 6) is 0.743. The summed E-state index contributed by atoms with van der Waals surface area (Å²) in [6.07, 6.45) is 3.57. The molecule has 0 amide bonds. The molecule has 0 radical (unpaired) electrons. The van der Waals surface area contributed by atoms with Gasteiger partial charge in [0.2, 0.25) is 0 Å². The Balaban J connectivity index is 1.59. The molecular formula is C23H29NO4. The largest absolute Gasteiger partial charge is 0.463 e. The van der Waals surface area contributed by atoms with Crippen molar-refractivity contribution in [3.05, 3.63) is 12.2 Å². The van der Waals surface area contributed by atoms with Gasteiger partial charge in [-0.1, -0.05) is 19.1 Å². The Labute approximate surface area is 165 Å². The van der Waals surface area contributed by atoms with Crippen molar-refractivity contribution in [2.45, 2.75) is 58.1 Å². The van der Waals surface area contributed by atoms with E-state index >= 15 is 0 Å². The highest BCUT2D eigenvalue weighted by Gasteiger charge is 2.84. The van der Waals surface area contributed by atoms with E-state index in [1.54, 1.807) is 0 Å². The molecule has 1 saturated heterocycles. The summed E-state index contributed by atoms with van der Waals surface area (Å²) < 4.78 is 5.78. The van der Waals surface area contributed by atoms with Gasteiger partial charge in [-0.05, 0) is 49.5 Å². The highest BCUT2D eigenvalue weighted by molar-refractivity contribution is 5.95. The molecule has 1 aliphatic heterocycles. The van der Waals surface area contributed by atoms with E-state index in [4.69, 9.17) is 4.74 Å². The molecule has 2 spiro atoms. The van der Waals surface area contributed by atoms with Crippen LogP contribution in [0.1, 0.15) is 46.0 Å². The zero-order valence-corrected chi connectivity index (χ0v) is 17.0. The number of Topliss-reactive ketones (excluding diaryl/α,β-unsaturated/α-hetero) is 2. The third-order valence-corrected chi connectivity index (χ3v) is 9.75. The van der Waals surface area contributed by atoms with Crippen molar-refractivity contribution in [2.75, 3.05) is 13.6 Å². The van der Waals surface area contributed by atoms with Crippen molar-refractivity contribution >= 4 is 17.5 Å². The van der Waals surface area contributed by atoms with Gasteiger partial charge in [-0.15, -0.1) is 0 Å². The molecule has 150 valence electrons. The maximum Gasteiger partial charge on any atom is 0.302 e. The van der Waals surface area contributed by atoms with Crippen molar-refractivity contribution < 1.29 is 19.1 Å². The molecule has 6 aliphatic carbocycles. The first-order valence-corrected chi connectivity index (χ1v) is 10.8. The standard InChI is InChI=1S/C23H29NO4/c1-11-6-22-9-15(26)19-21(3)7-13(28-12(2)25)8-23(19)16(22)5-14(11)18(27)17(22)20(23)24(4)10-21/h13-14,16-17,19-20H,1,5-10H2,2-4H3/t13-,14-,16+,17+,19+,20+,21-,22+,23+/m0/s1. The number of piperidine rings is 1. The Kier molecular flexibility index (Phi) is 2.98. The van der Waals surface area contributed by atoms with Gasteiger partial charge >= 0.3 is 5.97 Å². The average molecular weight is 383 g/mol. The van der Waals surface area contributed by atoms with Crippen LogP contribution in [0.25, 0.3) is 0 Å². The number of ether oxygens (including phenoxy) is 1. The van der Waals surface area contributed by atoms with E-state index in [1.165, 1.54) is 6.92 Å². The van der Waals surface area contributed by atoms with Crippen LogP contribution in [0, 0.1) is 39.9 Å². The van der Waals surface area contributed by atoms with Gasteiger partial charge in [0.25, 0.3) is 0 Å². The molecule has 6 saturated carbocycles. The number of rotatable bonds is 1. The molecule has 7 rings (SSSR count). The predicted octanol–water partition coefficient (Wildman–Crippen LogP) is 2.39. The minimum absolute atomic E-state index is 0.00551. The average Bonchev–Trinajstić information content (AvgIpc) is 2.64. The highest BCUT2D eigenvalue weighted by atomic mass is 16.5. The lowest BCUT2D eigenvalue weighted by Crippen LogP contribution is -2.70. The fourth-order valence-corrected chi connectivity index (χ4v) is 9.91. The Morgan fingerprint density at radius 3 is 2.71 bits per heavy atom. The van der Waals surface area contributed by atoms with E-state index in [2.05, 4.69) is 25.5 Å². The van der Waals surface area contributed by atoms with E-state index in [0.29, 0.717) is 23.9 Å². The fraction of sp³-hybridized carbons (Fsp3) is 0.783. The number of carbonyl (C=O) groups excluding carboxylic acids is 3. The van der Waals surface area contributed by atoms with Crippen LogP contribution in [-0.2, 0) is 19.1 Å². The molecule has 0 aromatic rings. The van der Waals surface area contributed by atoms with Crippen molar-refractivity contribution in [3.63, 3.8) is 0 Å². The molecule has 5 nitrogen and oxygen atoms in total. The molecule has 0 aromatic carbocycles. The molecule has 6 bridgehead atoms. The van der Waals surface area contributed by atoms with E-state index in [9.17, 15) is 14.4 Å². The van der Waals surface area contributed by atoms with Crippen LogP contribution in [0.5, 0.6) is 0 Å². The van der Waals surface area contributed by atoms with Crippen LogP contribution in [0.15, 0.2) is 12.2 Å². The lowest BCUT2D eigenvalue weighted by Gasteiger charge is -2.66. The predicted molar refractivity (Wildman–Crippen MR) is 101 cm³/mol. The van der Waals surface area contributed by atoms with Gasteiger partial charge in [-0.2, -0.15) is 0 Å². The molecule has 0 N–H and O–H groups in total. The third-order valence-electron chi connectivity index (χ3n) is 9.75. The number of ketones is 2. The number of esters is 1. The number of nitrogens with zero attached hydrogens (tertiary/aromatic N) is 1. The van der Waals surface area contributed by atoms with Gasteiger partial charge in [-0.3, -0.25) is 14.4 Å². The van der Waals surface area contributed by atoms with Crippen LogP contribution in [0.4, 0.5) is 0 Å². The Hall–Kier alpha value is -1.49. The first-order chi connectivity index (χ1) is 13.1. The lowest BCUT2D eigenvalue weighted by atomic mass is 9.39. The van der Waals surface area contributed by atoms with E-state index in [0.717, 1.165) is 37.8 Å². The van der Waals surface area contributed by atoms with Gasteiger partial charge in [0.05, 0.1) is 0 Å². The molecule has 5 heteroatoms. The Bertz CT molecular complexity index is 865. The number of allylic oxidation sites excluding steroid dienone is 1. The maximum atomic E-state index is 13.7. The van der Waals surface area contributed by atoms with E-state index < -0.39 is 0 Å². The van der Waals surface area contributed by atoms with Crippen molar-refractivity contribution in [3.8, 4) is 0 Å². The van der Waals surface area contributed by atoms with Crippen LogP contribution in [0.3, 0.4) is 0 Å². The second-order valence-corrected chi connectivity index (χ2v) is 11.1. The van der Waals surface area contributed by atoms with Gasteiger partial charge in [0.15, 0.2) is 0 Å². The summed E-state index contributed by atoms with van der Waals surface area (Å²) in [6.45, 7) is 8.74. The second-order valence-electron chi connectivity index (χ2n) is 11.1. The summed E-state index contributed by atoms with van der Waals surface area (Å²) in [7, 11) is 2.15. The first kappa shape index (κ1) is 17.4. The number of hydrogen-bond donors (Lipinski definition) is 0. The highest BCUT2D eigenvalue weighted by Crippen LogP contribution is 2.81. The van der Waals surface area contributed by atoms with Crippen molar-refractivity contribution in [2.24, 2.45) is 39.9 Å². The van der Waals surface area contributed by atoms with Crippen molar-refractivity contribution in [1.29, 1.82) is 0 Å². The molecule has 7 fully saturated rings. The Morgan fingerprint density at radius 2 is 2.00 bits per heavy atom. The van der Waals surface area contributed by atoms with Crippen molar-refractivity contribution in [1.82, 2.24) is 4.90 Å². The van der Waals surface area contributed by atoms with Gasteiger partial charge in [0.1, 0.15) is 17.7 Å². The Morgan fingerprint density at radius 1 is 1.25 bits per heavy atom. The second kappa shape index (κ2) is 4.80. The zero-order valence-electron chi connectivity index (χ0n) is 17.0. The number of fused-ring (bicyclic) bond motifs is 1. The van der Waals surface area contributed by atoms with Gasteiger partial charge < -0.3 is 9.64 Å². The number of likely N-dealkylation sites (tertiary alicyclic amines) is 1. The summed E-state index contributed by atoms with van der Waals surface area (Å²) >= 11 is 0. The monoisotopic (exact) mass is 383 g/mol. The summed E-state index contributed by atoms with van der Waals surface area (Å²) in [5.41, 5.74) is 0.389. The molecule has 9 atom stereocenters. The molecule has 0 unspecified atom stereocenters. The van der Waals surface area contributed by atoms with Crippen LogP contribution < -0.4 is 0 Å². The molecule has 28 heavy (non-hydrogen) atoms. The summed E-state index contributed by atoms with van der Waals surface area (Å²) in [4.78, 5) is 41.4. The minimum Gasteiger partial charge on any atom is -0.463 e. The normalized spacial score (nSPS) is 56.2. The van der Waals surface area contributed by atoms with Crippen LogP contribution >= 0.6 is 0 Å². The molecule has 1 heterocycles. The van der Waals surface area contributed by atoms with Gasteiger partial charge in [-0.25, -0.2) is 0 Å². The molecule has 0 aromatic heterocycles. The van der Waals surface area contributed by atoms with Gasteiger partial charge in [0, 0.05) is 49.1 Å². The minimum atomic E-state index is -0.239. The maximum absolute atomic E-state index is 13.7. The first-order valence-electron chi connectivity index (χ1n) is 10.8. The van der Waals surface area contributed by atoms with Crippen LogP contribution in [0.2, 0.25) is 0 Å². The summed E-state index contributed by atoms with van der Waals surface area (Å²) in [5, 5.41) is 0. The quantitative estimate of drug-likeness (QED) is 0.514. The number of carbonyl (C=O) groups is 3. The van der Waals surface area contributed by atoms with E-state index in [-0.39, 0.29) is 52.1 Å². The lowest BCUT2D eigenvalue weighted by molar-refractivity contribution is -0.208. The molecular weight excluding hydrogens is 354 g/mol. The smallest absolute Gasteiger partial charge is 0.302 e. The SMILES string of the molecule is C=C1C[C@@]23CC(=O)[C@@H]4[C@@]5(C)C[C@H](OC(C)=O)C[C@@]46[C@@H]2C[C@@H]1C(=O)[C@@H]3[C@H]6N(C)C5. The van der Waals surface area contributed by atoms with E-state index in [1.807, 2.05) is 0 Å². The number of hydrogen-bond acceptors (Lipinski definition) is 5. The third kappa shape index (κ3) is 1.62. The molecule has 7 aliphatic rings. The topological polar surface area (TPSA) is 63.7 Å². The summed E-state index contributed by atoms with van der Waals surface area (Å²) in [6, 6.07) is 0.103. The zero-order chi connectivity index (χ0) is 19.8. The van der Waals surface area contributed by atoms with Crippen LogP contribution in [-0.4, -0.2) is 48.2 Å².